The number of nitrogens with zero attached hydrogens (tertiary/aromatic N) is 3. The minimum absolute atomic E-state index is 0.0334. The van der Waals surface area contributed by atoms with Crippen molar-refractivity contribution in [3.63, 3.8) is 0 Å². The summed E-state index contributed by atoms with van der Waals surface area (Å²) >= 11 is 1.59. The summed E-state index contributed by atoms with van der Waals surface area (Å²) in [6.07, 6.45) is -0.0334. The molecule has 1 heterocycles. The van der Waals surface area contributed by atoms with Gasteiger partial charge in [-0.3, -0.25) is 4.90 Å². The predicted molar refractivity (Wildman–Crippen MR) is 108 cm³/mol. The van der Waals surface area contributed by atoms with Gasteiger partial charge >= 0.3 is 0 Å². The largest absolute Gasteiger partial charge is 0.375 e. The highest BCUT2D eigenvalue weighted by Crippen LogP contribution is 2.22. The van der Waals surface area contributed by atoms with Gasteiger partial charge in [0.15, 0.2) is 0 Å². The van der Waals surface area contributed by atoms with E-state index in [0.717, 1.165) is 21.8 Å². The normalized spacial score (nSPS) is 12.1. The SMILES string of the molecule is CO[C@@H](C)c1nc(CN(Cc2ccc(C#N)cc2)Cc2cccc(F)c2)cs1. The lowest BCUT2D eigenvalue weighted by Gasteiger charge is -2.22. The lowest BCUT2D eigenvalue weighted by Crippen LogP contribution is -2.22. The van der Waals surface area contributed by atoms with Gasteiger partial charge in [-0.15, -0.1) is 11.3 Å². The van der Waals surface area contributed by atoms with Gasteiger partial charge in [-0.1, -0.05) is 24.3 Å². The summed E-state index contributed by atoms with van der Waals surface area (Å²) in [6, 6.07) is 16.3. The minimum atomic E-state index is -0.235. The summed E-state index contributed by atoms with van der Waals surface area (Å²) in [4.78, 5) is 6.90. The number of hydrogen-bond donors (Lipinski definition) is 0. The molecule has 6 heteroatoms. The van der Waals surface area contributed by atoms with Crippen LogP contribution >= 0.6 is 11.3 Å². The summed E-state index contributed by atoms with van der Waals surface area (Å²) in [5.74, 6) is -0.235. The van der Waals surface area contributed by atoms with Crippen molar-refractivity contribution in [2.45, 2.75) is 32.7 Å². The van der Waals surface area contributed by atoms with E-state index >= 15 is 0 Å². The van der Waals surface area contributed by atoms with Crippen molar-refractivity contribution in [1.82, 2.24) is 9.88 Å². The highest BCUT2D eigenvalue weighted by Gasteiger charge is 2.14. The molecule has 28 heavy (non-hydrogen) atoms. The first kappa shape index (κ1) is 20.2. The van der Waals surface area contributed by atoms with E-state index in [2.05, 4.69) is 16.0 Å². The Morgan fingerprint density at radius 1 is 1.14 bits per heavy atom. The van der Waals surface area contributed by atoms with Crippen molar-refractivity contribution in [2.75, 3.05) is 7.11 Å². The smallest absolute Gasteiger partial charge is 0.123 e. The fourth-order valence-corrected chi connectivity index (χ4v) is 3.76. The van der Waals surface area contributed by atoms with E-state index in [4.69, 9.17) is 10.00 Å². The molecule has 1 atom stereocenters. The van der Waals surface area contributed by atoms with Crippen LogP contribution in [-0.2, 0) is 24.4 Å². The molecule has 144 valence electrons. The number of halogens is 1. The highest BCUT2D eigenvalue weighted by molar-refractivity contribution is 7.09. The quantitative estimate of drug-likeness (QED) is 0.535. The Hall–Kier alpha value is -2.59. The zero-order chi connectivity index (χ0) is 19.9. The summed E-state index contributed by atoms with van der Waals surface area (Å²) in [7, 11) is 1.67. The minimum Gasteiger partial charge on any atom is -0.375 e. The molecule has 4 nitrogen and oxygen atoms in total. The van der Waals surface area contributed by atoms with Crippen LogP contribution in [0.5, 0.6) is 0 Å². The zero-order valence-corrected chi connectivity index (χ0v) is 16.7. The second-order valence-corrected chi connectivity index (χ2v) is 7.53. The van der Waals surface area contributed by atoms with Crippen LogP contribution in [0.1, 0.15) is 40.4 Å². The van der Waals surface area contributed by atoms with Crippen LogP contribution in [0.4, 0.5) is 4.39 Å². The maximum atomic E-state index is 13.6. The van der Waals surface area contributed by atoms with E-state index in [1.54, 1.807) is 30.6 Å². The van der Waals surface area contributed by atoms with Gasteiger partial charge in [-0.25, -0.2) is 9.37 Å². The highest BCUT2D eigenvalue weighted by atomic mass is 32.1. The van der Waals surface area contributed by atoms with Crippen molar-refractivity contribution in [3.8, 4) is 6.07 Å². The Kier molecular flexibility index (Phi) is 6.88. The Bertz CT molecular complexity index is 949. The molecular weight excluding hydrogens is 373 g/mol. The molecule has 0 saturated heterocycles. The fourth-order valence-electron chi connectivity index (χ4n) is 2.92. The van der Waals surface area contributed by atoms with Crippen LogP contribution in [0.25, 0.3) is 0 Å². The Morgan fingerprint density at radius 2 is 1.89 bits per heavy atom. The van der Waals surface area contributed by atoms with Crippen molar-refractivity contribution < 1.29 is 9.13 Å². The molecular formula is C22H22FN3OS. The molecule has 1 aromatic heterocycles. The van der Waals surface area contributed by atoms with Gasteiger partial charge in [0.05, 0.1) is 17.3 Å². The second-order valence-electron chi connectivity index (χ2n) is 6.64. The zero-order valence-electron chi connectivity index (χ0n) is 15.9. The van der Waals surface area contributed by atoms with Gasteiger partial charge in [0.25, 0.3) is 0 Å². The van der Waals surface area contributed by atoms with Gasteiger partial charge in [-0.2, -0.15) is 5.26 Å². The number of ether oxygens (including phenoxy) is 1. The van der Waals surface area contributed by atoms with E-state index in [1.165, 1.54) is 6.07 Å². The molecule has 3 rings (SSSR count). The molecule has 0 unspecified atom stereocenters. The molecule has 0 radical (unpaired) electrons. The molecule has 2 aromatic carbocycles. The number of nitriles is 1. The lowest BCUT2D eigenvalue weighted by molar-refractivity contribution is 0.119. The van der Waals surface area contributed by atoms with Gasteiger partial charge < -0.3 is 4.74 Å². The molecule has 0 amide bonds. The molecule has 0 N–H and O–H groups in total. The summed E-state index contributed by atoms with van der Waals surface area (Å²) in [6.45, 7) is 3.90. The van der Waals surface area contributed by atoms with Crippen molar-refractivity contribution in [1.29, 1.82) is 5.26 Å². The molecule has 0 spiro atoms. The third kappa shape index (κ3) is 5.46. The monoisotopic (exact) mass is 395 g/mol. The van der Waals surface area contributed by atoms with Gasteiger partial charge in [-0.05, 0) is 42.3 Å². The van der Waals surface area contributed by atoms with Crippen LogP contribution in [0.15, 0.2) is 53.9 Å². The van der Waals surface area contributed by atoms with E-state index in [9.17, 15) is 4.39 Å². The summed E-state index contributed by atoms with van der Waals surface area (Å²) in [5.41, 5.74) is 3.61. The number of benzene rings is 2. The fraction of sp³-hybridized carbons (Fsp3) is 0.273. The number of methoxy groups -OCH3 is 1. The van der Waals surface area contributed by atoms with Crippen LogP contribution in [0.2, 0.25) is 0 Å². The Labute approximate surface area is 168 Å². The third-order valence-corrected chi connectivity index (χ3v) is 5.50. The van der Waals surface area contributed by atoms with Gasteiger partial charge in [0, 0.05) is 32.1 Å². The van der Waals surface area contributed by atoms with E-state index in [-0.39, 0.29) is 11.9 Å². The van der Waals surface area contributed by atoms with Crippen LogP contribution < -0.4 is 0 Å². The van der Waals surface area contributed by atoms with Gasteiger partial charge in [0.1, 0.15) is 16.9 Å². The number of hydrogen-bond acceptors (Lipinski definition) is 5. The molecule has 0 aliphatic carbocycles. The van der Waals surface area contributed by atoms with E-state index in [1.807, 2.05) is 42.6 Å². The van der Waals surface area contributed by atoms with E-state index < -0.39 is 0 Å². The molecule has 0 fully saturated rings. The van der Waals surface area contributed by atoms with Crippen LogP contribution in [0.3, 0.4) is 0 Å². The lowest BCUT2D eigenvalue weighted by atomic mass is 10.1. The molecule has 0 saturated carbocycles. The first-order valence-electron chi connectivity index (χ1n) is 9.00. The number of aromatic nitrogens is 1. The Balaban J connectivity index is 1.78. The van der Waals surface area contributed by atoms with Crippen molar-refractivity contribution in [2.24, 2.45) is 0 Å². The van der Waals surface area contributed by atoms with Gasteiger partial charge in [0.2, 0.25) is 0 Å². The number of thiazole rings is 1. The first-order valence-corrected chi connectivity index (χ1v) is 9.88. The summed E-state index contributed by atoms with van der Waals surface area (Å²) < 4.78 is 19.0. The first-order chi connectivity index (χ1) is 13.6. The van der Waals surface area contributed by atoms with Crippen molar-refractivity contribution in [3.05, 3.63) is 87.1 Å². The maximum Gasteiger partial charge on any atom is 0.123 e. The standard InChI is InChI=1S/C22H22FN3OS/c1-16(27-2)22-25-21(15-28-22)14-26(13-19-4-3-5-20(23)10-19)12-18-8-6-17(11-24)7-9-18/h3-10,15-16H,12-14H2,1-2H3/t16-/m0/s1. The molecule has 0 bridgehead atoms. The number of rotatable bonds is 8. The van der Waals surface area contributed by atoms with Crippen molar-refractivity contribution >= 4 is 11.3 Å². The Morgan fingerprint density at radius 3 is 2.57 bits per heavy atom. The van der Waals surface area contributed by atoms with E-state index in [0.29, 0.717) is 25.2 Å². The van der Waals surface area contributed by atoms with Crippen LogP contribution in [0, 0.1) is 17.1 Å². The molecule has 0 aliphatic heterocycles. The average molecular weight is 396 g/mol. The van der Waals surface area contributed by atoms with Crippen LogP contribution in [-0.4, -0.2) is 17.0 Å². The summed E-state index contributed by atoms with van der Waals surface area (Å²) in [5, 5.41) is 12.0. The molecule has 3 aromatic rings. The molecule has 0 aliphatic rings. The predicted octanol–water partition coefficient (Wildman–Crippen LogP) is 5.06. The third-order valence-electron chi connectivity index (χ3n) is 4.44. The maximum absolute atomic E-state index is 13.6. The average Bonchev–Trinajstić information content (AvgIpc) is 3.16. The topological polar surface area (TPSA) is 49.1 Å². The second kappa shape index (κ2) is 9.56.